The van der Waals surface area contributed by atoms with Crippen LogP contribution in [0, 0.1) is 5.82 Å². The largest absolute Gasteiger partial charge is 0.366 e. The fourth-order valence-electron chi connectivity index (χ4n) is 13.1. The van der Waals surface area contributed by atoms with Crippen molar-refractivity contribution >= 4 is 83.4 Å². The number of fused-ring (bicyclic) bond motifs is 4. The highest BCUT2D eigenvalue weighted by atomic mass is 79.9. The number of rotatable bonds is 24. The van der Waals surface area contributed by atoms with E-state index >= 15 is 0 Å². The molecule has 0 unspecified atom stereocenters. The lowest BCUT2D eigenvalue weighted by atomic mass is 9.87. The predicted octanol–water partition coefficient (Wildman–Crippen LogP) is 14.1. The lowest BCUT2D eigenvalue weighted by molar-refractivity contribution is -0.905. The molecule has 11 aromatic heterocycles. The van der Waals surface area contributed by atoms with Gasteiger partial charge in [-0.3, -0.25) is 15.6 Å². The first-order valence-electron chi connectivity index (χ1n) is 37.4. The Morgan fingerprint density at radius 2 is 0.938 bits per heavy atom. The van der Waals surface area contributed by atoms with Gasteiger partial charge in [0.05, 0.1) is 51.2 Å². The number of benzene rings is 4. The fraction of sp³-hybridized carbons (Fsp3) is 0.241. The van der Waals surface area contributed by atoms with Crippen LogP contribution in [0.15, 0.2) is 235 Å². The van der Waals surface area contributed by atoms with Crippen molar-refractivity contribution in [2.45, 2.75) is 109 Å². The molecule has 11 heterocycles. The summed E-state index contributed by atoms with van der Waals surface area (Å²) in [7, 11) is 0.274. The minimum absolute atomic E-state index is 0.249. The van der Waals surface area contributed by atoms with E-state index in [2.05, 4.69) is 87.2 Å². The van der Waals surface area contributed by atoms with E-state index in [4.69, 9.17) is 26.6 Å². The summed E-state index contributed by atoms with van der Waals surface area (Å²) in [5, 5.41) is 60.8. The molecule has 0 atom stereocenters. The topological polar surface area (TPSA) is 291 Å². The van der Waals surface area contributed by atoms with Gasteiger partial charge in [-0.15, -0.1) is 0 Å². The Kier molecular flexibility index (Phi) is 25.8. The van der Waals surface area contributed by atoms with Gasteiger partial charge in [0, 0.05) is 163 Å². The molecule has 0 aliphatic heterocycles. The number of halogens is 3. The maximum atomic E-state index is 14.3. The summed E-state index contributed by atoms with van der Waals surface area (Å²) < 4.78 is 52.9. The quantitative estimate of drug-likeness (QED) is 0.0206. The Hall–Kier alpha value is -12.0. The number of pyridine rings is 3. The van der Waals surface area contributed by atoms with E-state index in [0.717, 1.165) is 123 Å². The third-order valence-corrected chi connectivity index (χ3v) is 21.5. The van der Waals surface area contributed by atoms with Crippen LogP contribution in [0.2, 0.25) is 5.02 Å². The Morgan fingerprint density at radius 3 is 1.43 bits per heavy atom. The molecule has 1 aliphatic rings. The molecule has 113 heavy (non-hydrogen) atoms. The lowest BCUT2D eigenvalue weighted by Crippen LogP contribution is -2.31. The number of nitrogens with zero attached hydrogens (tertiary/aromatic N) is 16. The van der Waals surface area contributed by atoms with E-state index < -0.39 is 10.0 Å². The molecule has 15 aromatic rings. The molecule has 1 fully saturated rings. The maximum absolute atomic E-state index is 14.3. The zero-order valence-electron chi connectivity index (χ0n) is 63.2. The molecule has 0 radical (unpaired) electrons. The van der Waals surface area contributed by atoms with E-state index in [0.29, 0.717) is 78.6 Å². The second kappa shape index (κ2) is 36.9. The SMILES string of the molecule is CCc1cnn2c(NCc3ccc[n+](O)c3)cc(-c3ccccc3Cl)nc12.CCc1cnn2c(NCc3ccc[n+](O)c3)cc(-c3ccccc3F)nc12.CCc1cnn2c(NCc3ccc[n+](O)c3)cc(C3CCCCC3)nc12.CN(C)CCNS(=O)(=O)c1ccc(CNc2cc(-c3ccccc3)nc3c(Br)cnn23)cc1. The van der Waals surface area contributed by atoms with Crippen LogP contribution in [0.5, 0.6) is 0 Å². The molecule has 0 saturated heterocycles. The van der Waals surface area contributed by atoms with Crippen LogP contribution in [-0.4, -0.2) is 115 Å². The number of nitrogens with one attached hydrogen (secondary N) is 5. The third kappa shape index (κ3) is 19.7. The predicted molar refractivity (Wildman–Crippen MR) is 436 cm³/mol. The van der Waals surface area contributed by atoms with E-state index in [1.807, 2.05) is 146 Å². The second-order valence-corrected chi connectivity index (χ2v) is 30.4. The summed E-state index contributed by atoms with van der Waals surface area (Å²) in [5.41, 5.74) is 15.9. The molecule has 580 valence electrons. The smallest absolute Gasteiger partial charge is 0.240 e. The number of anilines is 4. The van der Waals surface area contributed by atoms with Crippen molar-refractivity contribution in [3.63, 3.8) is 0 Å². The van der Waals surface area contributed by atoms with Gasteiger partial charge in [-0.2, -0.15) is 38.5 Å². The van der Waals surface area contributed by atoms with Gasteiger partial charge in [0.25, 0.3) is 0 Å². The van der Waals surface area contributed by atoms with E-state index in [-0.39, 0.29) is 10.7 Å². The molecule has 4 aromatic carbocycles. The van der Waals surface area contributed by atoms with Gasteiger partial charge in [-0.25, -0.2) is 37.5 Å². The van der Waals surface area contributed by atoms with Crippen molar-refractivity contribution in [1.82, 2.24) is 68.0 Å². The summed E-state index contributed by atoms with van der Waals surface area (Å²) in [5.74, 6) is 3.48. The van der Waals surface area contributed by atoms with Crippen molar-refractivity contribution < 1.29 is 42.6 Å². The van der Waals surface area contributed by atoms with E-state index in [1.54, 1.807) is 112 Å². The highest BCUT2D eigenvalue weighted by Crippen LogP contribution is 2.35. The number of likely N-dealkylation sites (N-methyl/N-ethyl adjacent to an activating group) is 1. The molecule has 0 spiro atoms. The maximum Gasteiger partial charge on any atom is 0.240 e. The lowest BCUT2D eigenvalue weighted by Gasteiger charge is -2.22. The van der Waals surface area contributed by atoms with Crippen LogP contribution in [0.25, 0.3) is 56.4 Å². The minimum Gasteiger partial charge on any atom is -0.366 e. The Balaban J connectivity index is 0.000000132. The average molecular weight is 1630 g/mol. The summed E-state index contributed by atoms with van der Waals surface area (Å²) in [4.78, 5) is 21.3. The van der Waals surface area contributed by atoms with E-state index in [1.165, 1.54) is 49.4 Å². The molecule has 0 amide bonds. The van der Waals surface area contributed by atoms with Crippen LogP contribution in [-0.2, 0) is 55.5 Å². The van der Waals surface area contributed by atoms with Crippen molar-refractivity contribution in [3.05, 3.63) is 286 Å². The zero-order chi connectivity index (χ0) is 79.0. The summed E-state index contributed by atoms with van der Waals surface area (Å²) in [6.45, 7) is 9.37. The van der Waals surface area contributed by atoms with Gasteiger partial charge >= 0.3 is 0 Å². The zero-order valence-corrected chi connectivity index (χ0v) is 66.4. The normalized spacial score (nSPS) is 12.3. The highest BCUT2D eigenvalue weighted by molar-refractivity contribution is 9.10. The second-order valence-electron chi connectivity index (χ2n) is 27.3. The Bertz CT molecular complexity index is 5710. The van der Waals surface area contributed by atoms with Crippen molar-refractivity contribution in [2.75, 3.05) is 48.5 Å². The molecular formula is C83H89BrClFN21O5S+3. The van der Waals surface area contributed by atoms with E-state index in [9.17, 15) is 28.4 Å². The van der Waals surface area contributed by atoms with Gasteiger partial charge in [0.1, 0.15) is 29.1 Å². The van der Waals surface area contributed by atoms with Gasteiger partial charge < -0.3 is 26.2 Å². The van der Waals surface area contributed by atoms with Crippen molar-refractivity contribution in [1.29, 1.82) is 0 Å². The standard InChI is InChI=1S/C23H25BrN6O2S.C20H19ClN5O.C20H19FN5O.C20H26N5O/c1-29(2)13-12-27-33(31,32)19-10-8-17(9-11-19)15-25-22-14-21(18-6-4-3-5-7-18)28-23-20(24)16-26-30(22)23;2*1-2-15-12-23-26-19(22-11-14-6-5-9-25(27)13-14)10-18(24-20(15)26)16-7-3-4-8-17(16)21;1-2-16-13-22-25-19(21-12-15-7-6-10-24(26)14-15)11-18(23-20(16)25)17-8-4-3-5-9-17/h3-11,14,16,25,27H,12-13,15H2,1-2H3;2*3-10,12-13,22,27H,2,11H2,1H3;6-7,10-11,13-14,17,21,26H,2-5,8-9,12H2,1H3/q;3*+1. The monoisotopic (exact) mass is 1620 g/mol. The van der Waals surface area contributed by atoms with Crippen LogP contribution in [0.4, 0.5) is 27.7 Å². The number of hydrogen-bond donors (Lipinski definition) is 8. The summed E-state index contributed by atoms with van der Waals surface area (Å²) >= 11 is 9.90. The highest BCUT2D eigenvalue weighted by Gasteiger charge is 2.23. The van der Waals surface area contributed by atoms with Gasteiger partial charge in [-0.05, 0) is 116 Å². The molecular weight excluding hydrogens is 1540 g/mol. The van der Waals surface area contributed by atoms with Crippen LogP contribution < -0.4 is 40.2 Å². The number of aromatic nitrogens is 15. The average Bonchev–Trinajstić information content (AvgIpc) is 1.68. The number of sulfonamides is 1. The number of hydrogen-bond acceptors (Lipinski definition) is 18. The Labute approximate surface area is 667 Å². The molecule has 1 saturated carbocycles. The first kappa shape index (κ1) is 79.1. The van der Waals surface area contributed by atoms with Crippen molar-refractivity contribution in [3.8, 4) is 33.8 Å². The molecule has 8 N–H and O–H groups in total. The van der Waals surface area contributed by atoms with Crippen LogP contribution in [0.3, 0.4) is 0 Å². The third-order valence-electron chi connectivity index (χ3n) is 19.1. The van der Waals surface area contributed by atoms with Gasteiger partial charge in [0.2, 0.25) is 47.2 Å². The summed E-state index contributed by atoms with van der Waals surface area (Å²) in [6, 6.07) is 50.1. The molecule has 16 rings (SSSR count). The first-order valence-corrected chi connectivity index (χ1v) is 40.0. The molecule has 26 nitrogen and oxygen atoms in total. The fourth-order valence-corrected chi connectivity index (χ4v) is 14.7. The summed E-state index contributed by atoms with van der Waals surface area (Å²) in [6.07, 6.45) is 25.9. The van der Waals surface area contributed by atoms with Crippen LogP contribution >= 0.6 is 27.5 Å². The van der Waals surface area contributed by atoms with Crippen molar-refractivity contribution in [2.24, 2.45) is 0 Å². The molecule has 1 aliphatic carbocycles. The molecule has 0 bridgehead atoms. The first-order chi connectivity index (χ1) is 54.9. The molecule has 30 heteroatoms. The van der Waals surface area contributed by atoms with Crippen LogP contribution in [0.1, 0.15) is 103 Å². The van der Waals surface area contributed by atoms with Gasteiger partial charge in [-0.1, -0.05) is 124 Å². The Morgan fingerprint density at radius 1 is 0.504 bits per heavy atom. The minimum atomic E-state index is -3.53. The van der Waals surface area contributed by atoms with Gasteiger partial charge in [0.15, 0.2) is 22.6 Å². The number of aryl methyl sites for hydroxylation is 3.